The van der Waals surface area contributed by atoms with Crippen LogP contribution in [0.5, 0.6) is 5.88 Å². The maximum Gasteiger partial charge on any atom is 0.213 e. The van der Waals surface area contributed by atoms with Crippen molar-refractivity contribution in [2.45, 2.75) is 32.1 Å². The molecule has 0 amide bonds. The monoisotopic (exact) mass is 266 g/mol. The summed E-state index contributed by atoms with van der Waals surface area (Å²) in [7, 11) is 1.62. The maximum absolute atomic E-state index is 9.30. The zero-order chi connectivity index (χ0) is 13.9. The highest BCUT2D eigenvalue weighted by molar-refractivity contribution is 5.15. The molecule has 19 heavy (non-hydrogen) atoms. The highest BCUT2D eigenvalue weighted by Gasteiger charge is 2.33. The Morgan fingerprint density at radius 3 is 3.00 bits per heavy atom. The number of morpholine rings is 1. The van der Waals surface area contributed by atoms with Crippen molar-refractivity contribution in [2.24, 2.45) is 0 Å². The van der Waals surface area contributed by atoms with Crippen LogP contribution in [-0.2, 0) is 11.3 Å². The van der Waals surface area contributed by atoms with E-state index in [9.17, 15) is 5.11 Å². The Labute approximate surface area is 114 Å². The minimum atomic E-state index is -0.246. The molecule has 1 saturated heterocycles. The third kappa shape index (κ3) is 3.89. The number of aliphatic hydroxyl groups is 1. The average molecular weight is 266 g/mol. The molecule has 1 fully saturated rings. The molecule has 2 heterocycles. The van der Waals surface area contributed by atoms with Gasteiger partial charge in [-0.05, 0) is 19.9 Å². The zero-order valence-corrected chi connectivity index (χ0v) is 11.8. The van der Waals surface area contributed by atoms with Crippen LogP contribution in [0.4, 0.5) is 0 Å². The number of aliphatic hydroxyl groups excluding tert-OH is 1. The molecule has 1 aliphatic heterocycles. The molecular weight excluding hydrogens is 244 g/mol. The van der Waals surface area contributed by atoms with Gasteiger partial charge >= 0.3 is 0 Å². The summed E-state index contributed by atoms with van der Waals surface area (Å²) in [5.41, 5.74) is 0.721. The van der Waals surface area contributed by atoms with Crippen molar-refractivity contribution in [3.8, 4) is 5.88 Å². The third-order valence-electron chi connectivity index (χ3n) is 3.13. The fraction of sp³-hybridized carbons (Fsp3) is 0.643. The molecule has 5 heteroatoms. The van der Waals surface area contributed by atoms with Crippen molar-refractivity contribution in [1.29, 1.82) is 0 Å². The molecule has 1 aliphatic rings. The summed E-state index contributed by atoms with van der Waals surface area (Å²) in [5.74, 6) is 0.628. The highest BCUT2D eigenvalue weighted by Crippen LogP contribution is 2.22. The van der Waals surface area contributed by atoms with Gasteiger partial charge in [0.25, 0.3) is 0 Å². The van der Waals surface area contributed by atoms with Gasteiger partial charge in [0.1, 0.15) is 0 Å². The molecule has 106 valence electrons. The Morgan fingerprint density at radius 2 is 2.32 bits per heavy atom. The van der Waals surface area contributed by atoms with Gasteiger partial charge in [0.15, 0.2) is 0 Å². The van der Waals surface area contributed by atoms with Crippen LogP contribution in [0.3, 0.4) is 0 Å². The summed E-state index contributed by atoms with van der Waals surface area (Å²) in [6.45, 7) is 6.41. The Balaban J connectivity index is 2.04. The molecule has 0 radical (unpaired) electrons. The quantitative estimate of drug-likeness (QED) is 0.883. The summed E-state index contributed by atoms with van der Waals surface area (Å²) in [5, 5.41) is 9.30. The molecule has 0 spiro atoms. The zero-order valence-electron chi connectivity index (χ0n) is 11.8. The number of ether oxygens (including phenoxy) is 2. The van der Waals surface area contributed by atoms with E-state index in [1.54, 1.807) is 7.11 Å². The Morgan fingerprint density at radius 1 is 1.53 bits per heavy atom. The van der Waals surface area contributed by atoms with Crippen LogP contribution in [0.15, 0.2) is 18.2 Å². The summed E-state index contributed by atoms with van der Waals surface area (Å²) in [6.07, 6.45) is -0.130. The van der Waals surface area contributed by atoms with Crippen LogP contribution in [-0.4, -0.2) is 53.5 Å². The van der Waals surface area contributed by atoms with Crippen molar-refractivity contribution < 1.29 is 14.6 Å². The number of methoxy groups -OCH3 is 1. The molecule has 0 aromatic carbocycles. The third-order valence-corrected chi connectivity index (χ3v) is 3.13. The SMILES string of the molecule is COc1cccc(CN2CC(CO)OC(C)(C)C2)n1. The molecule has 1 unspecified atom stereocenters. The standard InChI is InChI=1S/C14H22N2O3/c1-14(2)10-16(8-12(9-17)19-14)7-11-5-4-6-13(15-11)18-3/h4-6,12,17H,7-10H2,1-3H3. The van der Waals surface area contributed by atoms with E-state index in [2.05, 4.69) is 9.88 Å². The van der Waals surface area contributed by atoms with Gasteiger partial charge in [-0.25, -0.2) is 4.98 Å². The Kier molecular flexibility index (Phi) is 4.39. The fourth-order valence-corrected chi connectivity index (χ4v) is 2.52. The molecule has 1 aromatic heterocycles. The van der Waals surface area contributed by atoms with Gasteiger partial charge in [0.2, 0.25) is 5.88 Å². The summed E-state index contributed by atoms with van der Waals surface area (Å²) >= 11 is 0. The summed E-state index contributed by atoms with van der Waals surface area (Å²) < 4.78 is 10.9. The molecule has 1 atom stereocenters. The maximum atomic E-state index is 9.30. The van der Waals surface area contributed by atoms with Crippen LogP contribution < -0.4 is 4.74 Å². The molecule has 1 aromatic rings. The largest absolute Gasteiger partial charge is 0.481 e. The molecule has 1 N–H and O–H groups in total. The van der Waals surface area contributed by atoms with E-state index in [1.807, 2.05) is 32.0 Å². The van der Waals surface area contributed by atoms with Gasteiger partial charge in [0.05, 0.1) is 31.1 Å². The molecule has 5 nitrogen and oxygen atoms in total. The number of pyridine rings is 1. The minimum absolute atomic E-state index is 0.0471. The number of aromatic nitrogens is 1. The first kappa shape index (κ1) is 14.2. The van der Waals surface area contributed by atoms with Gasteiger partial charge in [-0.3, -0.25) is 4.90 Å². The second-order valence-electron chi connectivity index (χ2n) is 5.52. The fourth-order valence-electron chi connectivity index (χ4n) is 2.52. The van der Waals surface area contributed by atoms with Gasteiger partial charge < -0.3 is 14.6 Å². The Hall–Kier alpha value is -1.17. The van der Waals surface area contributed by atoms with Crippen LogP contribution in [0.2, 0.25) is 0 Å². The smallest absolute Gasteiger partial charge is 0.213 e. The number of rotatable bonds is 4. The van der Waals surface area contributed by atoms with Crippen molar-refractivity contribution in [3.05, 3.63) is 23.9 Å². The van der Waals surface area contributed by atoms with Crippen LogP contribution >= 0.6 is 0 Å². The minimum Gasteiger partial charge on any atom is -0.481 e. The Bertz CT molecular complexity index is 423. The first-order chi connectivity index (χ1) is 9.02. The summed E-state index contributed by atoms with van der Waals surface area (Å²) in [6, 6.07) is 5.76. The van der Waals surface area contributed by atoms with E-state index in [0.29, 0.717) is 5.88 Å². The summed E-state index contributed by atoms with van der Waals surface area (Å²) in [4.78, 5) is 6.67. The second-order valence-corrected chi connectivity index (χ2v) is 5.52. The van der Waals surface area contributed by atoms with Gasteiger partial charge in [-0.1, -0.05) is 6.07 Å². The predicted octanol–water partition coefficient (Wildman–Crippen LogP) is 1.06. The van der Waals surface area contributed by atoms with Crippen molar-refractivity contribution in [3.63, 3.8) is 0 Å². The molecule has 2 rings (SSSR count). The highest BCUT2D eigenvalue weighted by atomic mass is 16.5. The van der Waals surface area contributed by atoms with E-state index >= 15 is 0 Å². The lowest BCUT2D eigenvalue weighted by Crippen LogP contribution is -2.53. The molecule has 0 saturated carbocycles. The van der Waals surface area contributed by atoms with Crippen LogP contribution in [0, 0.1) is 0 Å². The topological polar surface area (TPSA) is 54.8 Å². The number of hydrogen-bond acceptors (Lipinski definition) is 5. The van der Waals surface area contributed by atoms with E-state index in [4.69, 9.17) is 9.47 Å². The van der Waals surface area contributed by atoms with Gasteiger partial charge in [-0.2, -0.15) is 0 Å². The van der Waals surface area contributed by atoms with Gasteiger partial charge in [0, 0.05) is 25.7 Å². The van der Waals surface area contributed by atoms with E-state index in [-0.39, 0.29) is 18.3 Å². The van der Waals surface area contributed by atoms with E-state index in [0.717, 1.165) is 25.3 Å². The molecular formula is C14H22N2O3. The second kappa shape index (κ2) is 5.86. The first-order valence-electron chi connectivity index (χ1n) is 6.53. The molecule has 0 aliphatic carbocycles. The van der Waals surface area contributed by atoms with E-state index in [1.165, 1.54) is 0 Å². The predicted molar refractivity (Wildman–Crippen MR) is 72.1 cm³/mol. The lowest BCUT2D eigenvalue weighted by molar-refractivity contribution is -0.150. The lowest BCUT2D eigenvalue weighted by Gasteiger charge is -2.42. The van der Waals surface area contributed by atoms with E-state index < -0.39 is 0 Å². The average Bonchev–Trinajstić information content (AvgIpc) is 2.37. The first-order valence-corrected chi connectivity index (χ1v) is 6.53. The molecule has 0 bridgehead atoms. The number of nitrogens with zero attached hydrogens (tertiary/aromatic N) is 2. The lowest BCUT2D eigenvalue weighted by atomic mass is 10.1. The van der Waals surface area contributed by atoms with Gasteiger partial charge in [-0.15, -0.1) is 0 Å². The van der Waals surface area contributed by atoms with Crippen molar-refractivity contribution in [1.82, 2.24) is 9.88 Å². The normalized spacial score (nSPS) is 23.3. The number of hydrogen-bond donors (Lipinski definition) is 1. The van der Waals surface area contributed by atoms with Crippen molar-refractivity contribution in [2.75, 3.05) is 26.8 Å². The van der Waals surface area contributed by atoms with Crippen molar-refractivity contribution >= 4 is 0 Å². The van der Waals surface area contributed by atoms with Crippen LogP contribution in [0.25, 0.3) is 0 Å². The van der Waals surface area contributed by atoms with Crippen LogP contribution in [0.1, 0.15) is 19.5 Å².